The Labute approximate surface area is 126 Å². The Morgan fingerprint density at radius 3 is 2.55 bits per heavy atom. The molecule has 3 rings (SSSR count). The fraction of sp³-hybridized carbons (Fsp3) is 0.125. The lowest BCUT2D eigenvalue weighted by atomic mass is 10.1. The highest BCUT2D eigenvalue weighted by molar-refractivity contribution is 5.91. The Morgan fingerprint density at radius 2 is 1.73 bits per heavy atom. The zero-order valence-corrected chi connectivity index (χ0v) is 11.7. The molecule has 1 heterocycles. The van der Waals surface area contributed by atoms with Crippen LogP contribution in [-0.2, 0) is 6.42 Å². The molecule has 0 unspecified atom stereocenters. The first-order valence-corrected chi connectivity index (χ1v) is 6.85. The Bertz CT molecular complexity index is 822. The van der Waals surface area contributed by atoms with E-state index in [0.717, 1.165) is 0 Å². The number of fused-ring (bicyclic) bond motifs is 1. The predicted molar refractivity (Wildman–Crippen MR) is 79.8 cm³/mol. The van der Waals surface area contributed by atoms with Crippen molar-refractivity contribution < 1.29 is 9.18 Å². The Balaban J connectivity index is 1.65. The zero-order chi connectivity index (χ0) is 15.4. The monoisotopic (exact) mass is 296 g/mol. The molecule has 2 aromatic carbocycles. The van der Waals surface area contributed by atoms with Gasteiger partial charge in [-0.2, -0.15) is 0 Å². The molecular formula is C16H13FN4O. The molecule has 0 aliphatic carbocycles. The van der Waals surface area contributed by atoms with Crippen LogP contribution in [0.2, 0.25) is 0 Å². The maximum atomic E-state index is 13.5. The van der Waals surface area contributed by atoms with E-state index in [0.29, 0.717) is 29.6 Å². The van der Waals surface area contributed by atoms with E-state index in [4.69, 9.17) is 0 Å². The number of aromatic nitrogens is 3. The molecule has 0 radical (unpaired) electrons. The van der Waals surface area contributed by atoms with Gasteiger partial charge < -0.3 is 5.32 Å². The summed E-state index contributed by atoms with van der Waals surface area (Å²) in [5.74, 6) is -0.692. The third kappa shape index (κ3) is 3.06. The molecule has 0 saturated heterocycles. The van der Waals surface area contributed by atoms with E-state index in [9.17, 15) is 9.18 Å². The van der Waals surface area contributed by atoms with Crippen LogP contribution in [-0.4, -0.2) is 27.6 Å². The molecule has 110 valence electrons. The van der Waals surface area contributed by atoms with Crippen LogP contribution >= 0.6 is 0 Å². The summed E-state index contributed by atoms with van der Waals surface area (Å²) in [6, 6.07) is 13.7. The number of nitrogens with one attached hydrogen (secondary N) is 1. The molecule has 1 aromatic heterocycles. The van der Waals surface area contributed by atoms with Gasteiger partial charge in [-0.1, -0.05) is 30.3 Å². The first kappa shape index (κ1) is 14.1. The summed E-state index contributed by atoms with van der Waals surface area (Å²) >= 11 is 0. The first-order chi connectivity index (χ1) is 10.7. The van der Waals surface area contributed by atoms with Crippen LogP contribution in [0.5, 0.6) is 0 Å². The molecule has 6 heteroatoms. The molecule has 0 atom stereocenters. The number of para-hydroxylation sites is 1. The van der Waals surface area contributed by atoms with Crippen LogP contribution in [0.15, 0.2) is 48.5 Å². The normalized spacial score (nSPS) is 10.6. The second-order valence-electron chi connectivity index (χ2n) is 4.72. The number of amides is 1. The maximum absolute atomic E-state index is 13.5. The van der Waals surface area contributed by atoms with Crippen molar-refractivity contribution in [3.05, 3.63) is 65.7 Å². The summed E-state index contributed by atoms with van der Waals surface area (Å²) in [6.45, 7) is 0.302. The van der Waals surface area contributed by atoms with E-state index >= 15 is 0 Å². The minimum atomic E-state index is -0.422. The van der Waals surface area contributed by atoms with Crippen molar-refractivity contribution in [3.8, 4) is 0 Å². The average molecular weight is 296 g/mol. The molecule has 0 spiro atoms. The van der Waals surface area contributed by atoms with Crippen molar-refractivity contribution in [2.45, 2.75) is 6.42 Å². The molecule has 5 nitrogen and oxygen atoms in total. The second-order valence-corrected chi connectivity index (χ2v) is 4.72. The maximum Gasteiger partial charge on any atom is 0.291 e. The average Bonchev–Trinajstić information content (AvgIpc) is 2.56. The van der Waals surface area contributed by atoms with Crippen LogP contribution < -0.4 is 5.32 Å². The number of nitrogens with zero attached hydrogens (tertiary/aromatic N) is 3. The van der Waals surface area contributed by atoms with Crippen LogP contribution in [0.1, 0.15) is 16.2 Å². The SMILES string of the molecule is O=C(NCCc1ccccc1F)c1nnc2ccccc2n1. The lowest BCUT2D eigenvalue weighted by Gasteiger charge is -2.05. The van der Waals surface area contributed by atoms with Crippen molar-refractivity contribution in [1.82, 2.24) is 20.5 Å². The zero-order valence-electron chi connectivity index (χ0n) is 11.7. The molecule has 0 saturated carbocycles. The Kier molecular flexibility index (Phi) is 4.00. The number of hydrogen-bond donors (Lipinski definition) is 1. The molecule has 0 aliphatic heterocycles. The number of benzene rings is 2. The van der Waals surface area contributed by atoms with Gasteiger partial charge in [0.15, 0.2) is 0 Å². The Morgan fingerprint density at radius 1 is 1.00 bits per heavy atom. The third-order valence-corrected chi connectivity index (χ3v) is 3.20. The standard InChI is InChI=1S/C16H13FN4O/c17-12-6-2-1-5-11(12)9-10-18-16(22)15-19-13-7-3-4-8-14(13)20-21-15/h1-8H,9-10H2,(H,18,22). The van der Waals surface area contributed by atoms with Gasteiger partial charge in [0.25, 0.3) is 5.91 Å². The van der Waals surface area contributed by atoms with Crippen molar-refractivity contribution in [2.24, 2.45) is 0 Å². The van der Waals surface area contributed by atoms with Gasteiger partial charge in [-0.25, -0.2) is 9.37 Å². The number of carbonyl (C=O) groups excluding carboxylic acids is 1. The summed E-state index contributed by atoms with van der Waals surface area (Å²) in [6.07, 6.45) is 0.402. The highest BCUT2D eigenvalue weighted by atomic mass is 19.1. The highest BCUT2D eigenvalue weighted by Gasteiger charge is 2.11. The van der Waals surface area contributed by atoms with Crippen LogP contribution in [0.25, 0.3) is 11.0 Å². The Hall–Kier alpha value is -2.89. The summed E-state index contributed by atoms with van der Waals surface area (Å²) in [5, 5.41) is 10.4. The van der Waals surface area contributed by atoms with Gasteiger partial charge in [-0.15, -0.1) is 10.2 Å². The van der Waals surface area contributed by atoms with Crippen LogP contribution in [0.3, 0.4) is 0 Å². The largest absolute Gasteiger partial charge is 0.349 e. The quantitative estimate of drug-likeness (QED) is 0.801. The van der Waals surface area contributed by atoms with E-state index in [-0.39, 0.29) is 11.6 Å². The van der Waals surface area contributed by atoms with Crippen molar-refractivity contribution in [1.29, 1.82) is 0 Å². The van der Waals surface area contributed by atoms with Gasteiger partial charge in [-0.05, 0) is 30.2 Å². The number of rotatable bonds is 4. The lowest BCUT2D eigenvalue weighted by Crippen LogP contribution is -2.28. The van der Waals surface area contributed by atoms with Crippen molar-refractivity contribution in [2.75, 3.05) is 6.54 Å². The van der Waals surface area contributed by atoms with E-state index in [1.807, 2.05) is 12.1 Å². The third-order valence-electron chi connectivity index (χ3n) is 3.20. The van der Waals surface area contributed by atoms with Gasteiger partial charge in [0.05, 0.1) is 5.52 Å². The smallest absolute Gasteiger partial charge is 0.291 e. The van der Waals surface area contributed by atoms with Gasteiger partial charge in [0.2, 0.25) is 5.82 Å². The van der Waals surface area contributed by atoms with Gasteiger partial charge in [-0.3, -0.25) is 4.79 Å². The van der Waals surface area contributed by atoms with E-state index in [1.165, 1.54) is 6.07 Å². The lowest BCUT2D eigenvalue weighted by molar-refractivity contribution is 0.0943. The van der Waals surface area contributed by atoms with E-state index in [1.54, 1.807) is 30.3 Å². The molecule has 0 aliphatic rings. The number of halogens is 1. The number of carbonyl (C=O) groups is 1. The second kappa shape index (κ2) is 6.26. The molecular weight excluding hydrogens is 283 g/mol. The number of hydrogen-bond acceptors (Lipinski definition) is 4. The van der Waals surface area contributed by atoms with Crippen molar-refractivity contribution >= 4 is 16.9 Å². The predicted octanol–water partition coefficient (Wildman–Crippen LogP) is 2.14. The first-order valence-electron chi connectivity index (χ1n) is 6.85. The highest BCUT2D eigenvalue weighted by Crippen LogP contribution is 2.07. The molecule has 3 aromatic rings. The summed E-state index contributed by atoms with van der Waals surface area (Å²) in [4.78, 5) is 16.2. The van der Waals surface area contributed by atoms with Gasteiger partial charge in [0, 0.05) is 6.54 Å². The topological polar surface area (TPSA) is 67.8 Å². The van der Waals surface area contributed by atoms with Crippen LogP contribution in [0, 0.1) is 5.82 Å². The summed E-state index contributed by atoms with van der Waals surface area (Å²) < 4.78 is 13.5. The molecule has 1 amide bonds. The fourth-order valence-electron chi connectivity index (χ4n) is 2.07. The molecule has 0 fully saturated rings. The van der Waals surface area contributed by atoms with Gasteiger partial charge >= 0.3 is 0 Å². The van der Waals surface area contributed by atoms with Crippen molar-refractivity contribution in [3.63, 3.8) is 0 Å². The summed E-state index contributed by atoms with van der Waals surface area (Å²) in [5.41, 5.74) is 1.79. The van der Waals surface area contributed by atoms with E-state index < -0.39 is 5.91 Å². The fourth-order valence-corrected chi connectivity index (χ4v) is 2.07. The van der Waals surface area contributed by atoms with Crippen LogP contribution in [0.4, 0.5) is 4.39 Å². The molecule has 0 bridgehead atoms. The molecule has 1 N–H and O–H groups in total. The minimum Gasteiger partial charge on any atom is -0.349 e. The molecule has 22 heavy (non-hydrogen) atoms. The van der Waals surface area contributed by atoms with E-state index in [2.05, 4.69) is 20.5 Å². The van der Waals surface area contributed by atoms with Gasteiger partial charge in [0.1, 0.15) is 11.3 Å². The minimum absolute atomic E-state index is 0.00670. The summed E-state index contributed by atoms with van der Waals surface area (Å²) in [7, 11) is 0.